The maximum Gasteiger partial charge on any atom is 0.264 e. The van der Waals surface area contributed by atoms with Crippen LogP contribution in [0.1, 0.15) is 15.4 Å². The molecule has 3 aromatic rings. The smallest absolute Gasteiger partial charge is 0.264 e. The Morgan fingerprint density at radius 2 is 2.00 bits per heavy atom. The summed E-state index contributed by atoms with van der Waals surface area (Å²) in [5, 5.41) is 4.59. The predicted octanol–water partition coefficient (Wildman–Crippen LogP) is 3.01. The van der Waals surface area contributed by atoms with Crippen LogP contribution in [0.15, 0.2) is 42.6 Å². The standard InChI is InChI=1S/C17H17ClN4OS/c18-16-5-4-15(24-16)17(23)21-9-7-20(8-10-21)12-13-11-14-3-1-2-6-22(14)19-13/h1-6,11H,7-10,12H2. The third kappa shape index (κ3) is 3.17. The summed E-state index contributed by atoms with van der Waals surface area (Å²) in [6.45, 7) is 4.01. The molecule has 1 fully saturated rings. The number of carbonyl (C=O) groups excluding carboxylic acids is 1. The Bertz CT molecular complexity index is 833. The normalized spacial score (nSPS) is 16.0. The summed E-state index contributed by atoms with van der Waals surface area (Å²) in [6, 6.07) is 11.7. The number of hydrogen-bond donors (Lipinski definition) is 0. The van der Waals surface area contributed by atoms with Crippen LogP contribution in [0, 0.1) is 0 Å². The first kappa shape index (κ1) is 15.6. The molecule has 3 aromatic heterocycles. The molecule has 1 aliphatic heterocycles. The number of aromatic nitrogens is 2. The van der Waals surface area contributed by atoms with E-state index in [1.807, 2.05) is 27.7 Å². The fraction of sp³-hybridized carbons (Fsp3) is 0.294. The van der Waals surface area contributed by atoms with Gasteiger partial charge in [0.2, 0.25) is 0 Å². The van der Waals surface area contributed by atoms with Gasteiger partial charge in [-0.15, -0.1) is 11.3 Å². The van der Waals surface area contributed by atoms with Crippen LogP contribution in [0.3, 0.4) is 0 Å². The molecule has 0 saturated carbocycles. The SMILES string of the molecule is O=C(c1ccc(Cl)s1)N1CCN(Cc2cc3ccccn3n2)CC1. The molecule has 5 nitrogen and oxygen atoms in total. The first-order valence-electron chi connectivity index (χ1n) is 7.89. The van der Waals surface area contributed by atoms with Crippen molar-refractivity contribution in [2.75, 3.05) is 26.2 Å². The van der Waals surface area contributed by atoms with Crippen molar-refractivity contribution in [3.8, 4) is 0 Å². The van der Waals surface area contributed by atoms with Crippen LogP contribution in [0.4, 0.5) is 0 Å². The van der Waals surface area contributed by atoms with Crippen molar-refractivity contribution in [3.63, 3.8) is 0 Å². The molecule has 24 heavy (non-hydrogen) atoms. The van der Waals surface area contributed by atoms with E-state index < -0.39 is 0 Å². The topological polar surface area (TPSA) is 40.9 Å². The number of halogens is 1. The number of amides is 1. The molecule has 0 N–H and O–H groups in total. The van der Waals surface area contributed by atoms with Gasteiger partial charge in [0.05, 0.1) is 20.4 Å². The molecule has 4 heterocycles. The Morgan fingerprint density at radius 3 is 2.71 bits per heavy atom. The highest BCUT2D eigenvalue weighted by Gasteiger charge is 2.23. The summed E-state index contributed by atoms with van der Waals surface area (Å²) in [4.78, 5) is 17.4. The molecule has 7 heteroatoms. The minimum atomic E-state index is 0.0827. The van der Waals surface area contributed by atoms with Gasteiger partial charge >= 0.3 is 0 Å². The van der Waals surface area contributed by atoms with Gasteiger partial charge in [-0.3, -0.25) is 9.69 Å². The van der Waals surface area contributed by atoms with E-state index in [9.17, 15) is 4.79 Å². The zero-order valence-corrected chi connectivity index (χ0v) is 14.6. The highest BCUT2D eigenvalue weighted by atomic mass is 35.5. The van der Waals surface area contributed by atoms with E-state index in [4.69, 9.17) is 11.6 Å². The molecular weight excluding hydrogens is 344 g/mol. The van der Waals surface area contributed by atoms with Crippen molar-refractivity contribution in [2.24, 2.45) is 0 Å². The number of pyridine rings is 1. The van der Waals surface area contributed by atoms with Crippen molar-refractivity contribution < 1.29 is 4.79 Å². The van der Waals surface area contributed by atoms with E-state index in [1.54, 1.807) is 12.1 Å². The Hall–Kier alpha value is -1.89. The molecule has 0 spiro atoms. The molecule has 1 aliphatic rings. The number of carbonyl (C=O) groups is 1. The quantitative estimate of drug-likeness (QED) is 0.721. The van der Waals surface area contributed by atoms with Gasteiger partial charge in [0, 0.05) is 38.9 Å². The first-order chi connectivity index (χ1) is 11.7. The Morgan fingerprint density at radius 1 is 1.17 bits per heavy atom. The predicted molar refractivity (Wildman–Crippen MR) is 95.7 cm³/mol. The fourth-order valence-electron chi connectivity index (χ4n) is 2.99. The highest BCUT2D eigenvalue weighted by molar-refractivity contribution is 7.17. The van der Waals surface area contributed by atoms with E-state index in [-0.39, 0.29) is 5.91 Å². The number of piperazine rings is 1. The summed E-state index contributed by atoms with van der Waals surface area (Å²) < 4.78 is 2.55. The van der Waals surface area contributed by atoms with Gasteiger partial charge in [0.15, 0.2) is 0 Å². The van der Waals surface area contributed by atoms with Crippen molar-refractivity contribution in [3.05, 3.63) is 57.5 Å². The second-order valence-electron chi connectivity index (χ2n) is 5.88. The van der Waals surface area contributed by atoms with Gasteiger partial charge in [-0.05, 0) is 30.3 Å². The van der Waals surface area contributed by atoms with Crippen LogP contribution in [0.2, 0.25) is 4.34 Å². The molecule has 0 radical (unpaired) electrons. The number of rotatable bonds is 3. The second kappa shape index (κ2) is 6.55. The average Bonchev–Trinajstić information content (AvgIpc) is 3.20. The van der Waals surface area contributed by atoms with E-state index in [2.05, 4.69) is 22.1 Å². The molecule has 4 rings (SSSR count). The number of hydrogen-bond acceptors (Lipinski definition) is 4. The van der Waals surface area contributed by atoms with Crippen LogP contribution in [0.5, 0.6) is 0 Å². The molecule has 1 amide bonds. The summed E-state index contributed by atoms with van der Waals surface area (Å²) in [5.41, 5.74) is 2.17. The van der Waals surface area contributed by atoms with Crippen LogP contribution < -0.4 is 0 Å². The van der Waals surface area contributed by atoms with Gasteiger partial charge in [-0.1, -0.05) is 17.7 Å². The maximum absolute atomic E-state index is 12.4. The monoisotopic (exact) mass is 360 g/mol. The number of nitrogens with zero attached hydrogens (tertiary/aromatic N) is 4. The minimum absolute atomic E-state index is 0.0827. The summed E-state index contributed by atoms with van der Waals surface area (Å²) in [7, 11) is 0. The molecule has 0 bridgehead atoms. The Labute approximate surface area is 149 Å². The third-order valence-electron chi connectivity index (χ3n) is 4.25. The lowest BCUT2D eigenvalue weighted by Gasteiger charge is -2.34. The zero-order chi connectivity index (χ0) is 16.5. The number of fused-ring (bicyclic) bond motifs is 1. The summed E-state index contributed by atoms with van der Waals surface area (Å²) in [5.74, 6) is 0.0827. The lowest BCUT2D eigenvalue weighted by atomic mass is 10.2. The molecule has 0 unspecified atom stereocenters. The molecule has 124 valence electrons. The van der Waals surface area contributed by atoms with Gasteiger partial charge in [0.25, 0.3) is 5.91 Å². The fourth-order valence-corrected chi connectivity index (χ4v) is 4.00. The molecule has 1 saturated heterocycles. The van der Waals surface area contributed by atoms with Gasteiger partial charge < -0.3 is 4.90 Å². The molecule has 0 aromatic carbocycles. The van der Waals surface area contributed by atoms with E-state index in [0.29, 0.717) is 9.21 Å². The minimum Gasteiger partial charge on any atom is -0.335 e. The zero-order valence-electron chi connectivity index (χ0n) is 13.1. The van der Waals surface area contributed by atoms with Gasteiger partial charge in [-0.25, -0.2) is 4.52 Å². The van der Waals surface area contributed by atoms with Crippen molar-refractivity contribution in [2.45, 2.75) is 6.54 Å². The van der Waals surface area contributed by atoms with Gasteiger partial charge in [0.1, 0.15) is 0 Å². The lowest BCUT2D eigenvalue weighted by Crippen LogP contribution is -2.48. The second-order valence-corrected chi connectivity index (χ2v) is 7.59. The third-order valence-corrected chi connectivity index (χ3v) is 5.47. The molecule has 0 atom stereocenters. The highest BCUT2D eigenvalue weighted by Crippen LogP contribution is 2.23. The van der Waals surface area contributed by atoms with Crippen LogP contribution in [0.25, 0.3) is 5.52 Å². The Kier molecular flexibility index (Phi) is 4.26. The first-order valence-corrected chi connectivity index (χ1v) is 9.09. The molecule has 0 aliphatic carbocycles. The van der Waals surface area contributed by atoms with Crippen LogP contribution >= 0.6 is 22.9 Å². The van der Waals surface area contributed by atoms with Crippen LogP contribution in [-0.4, -0.2) is 51.5 Å². The van der Waals surface area contributed by atoms with Crippen molar-refractivity contribution in [1.29, 1.82) is 0 Å². The van der Waals surface area contributed by atoms with E-state index in [1.165, 1.54) is 11.3 Å². The lowest BCUT2D eigenvalue weighted by molar-refractivity contribution is 0.0631. The van der Waals surface area contributed by atoms with Crippen LogP contribution in [-0.2, 0) is 6.54 Å². The van der Waals surface area contributed by atoms with Crippen molar-refractivity contribution in [1.82, 2.24) is 19.4 Å². The summed E-state index contributed by atoms with van der Waals surface area (Å²) in [6.07, 6.45) is 1.96. The van der Waals surface area contributed by atoms with E-state index in [0.717, 1.165) is 43.9 Å². The Balaban J connectivity index is 1.36. The maximum atomic E-state index is 12.4. The number of thiophene rings is 1. The average molecular weight is 361 g/mol. The van der Waals surface area contributed by atoms with Gasteiger partial charge in [-0.2, -0.15) is 5.10 Å². The largest absolute Gasteiger partial charge is 0.335 e. The molecular formula is C17H17ClN4OS. The van der Waals surface area contributed by atoms with Crippen molar-refractivity contribution >= 4 is 34.4 Å². The summed E-state index contributed by atoms with van der Waals surface area (Å²) >= 11 is 7.26. The van der Waals surface area contributed by atoms with E-state index >= 15 is 0 Å².